The van der Waals surface area contributed by atoms with E-state index in [1.54, 1.807) is 6.92 Å². The monoisotopic (exact) mass is 232 g/mol. The number of carbonyl (C=O) groups is 2. The molecule has 88 valence electrons. The number of ether oxygens (including phenoxy) is 2. The minimum Gasteiger partial charge on any atom is -0.477 e. The average molecular weight is 232 g/mol. The van der Waals surface area contributed by atoms with Crippen molar-refractivity contribution in [1.29, 1.82) is 0 Å². The highest BCUT2D eigenvalue weighted by molar-refractivity contribution is 5.78. The maximum Gasteiger partial charge on any atom is 0.311 e. The first kappa shape index (κ1) is 12.8. The Labute approximate surface area is 99.5 Å². The minimum atomic E-state index is -0.380. The summed E-state index contributed by atoms with van der Waals surface area (Å²) in [4.78, 5) is 21.8. The largest absolute Gasteiger partial charge is 0.477 e. The summed E-state index contributed by atoms with van der Waals surface area (Å²) in [6.45, 7) is 1.73. The first-order valence-electron chi connectivity index (χ1n) is 5.07. The molecule has 0 saturated carbocycles. The van der Waals surface area contributed by atoms with Gasteiger partial charge in [-0.2, -0.15) is 0 Å². The molecule has 4 heteroatoms. The van der Waals surface area contributed by atoms with Crippen LogP contribution in [0.1, 0.15) is 23.7 Å². The van der Waals surface area contributed by atoms with Gasteiger partial charge in [-0.15, -0.1) is 6.42 Å². The van der Waals surface area contributed by atoms with Gasteiger partial charge in [0, 0.05) is 12.0 Å². The summed E-state index contributed by atoms with van der Waals surface area (Å²) < 4.78 is 10.2. The molecule has 0 bridgehead atoms. The third-order valence-corrected chi connectivity index (χ3v) is 1.93. The highest BCUT2D eigenvalue weighted by atomic mass is 16.6. The minimum absolute atomic E-state index is 0.0407. The Hall–Kier alpha value is -2.28. The van der Waals surface area contributed by atoms with Crippen LogP contribution >= 0.6 is 0 Å². The van der Waals surface area contributed by atoms with Crippen LogP contribution in [0.3, 0.4) is 0 Å². The molecule has 0 aliphatic rings. The molecule has 0 fully saturated rings. The van der Waals surface area contributed by atoms with Crippen LogP contribution in [0.25, 0.3) is 0 Å². The number of terminal acetylenes is 1. The fourth-order valence-electron chi connectivity index (χ4n) is 1.11. The van der Waals surface area contributed by atoms with Gasteiger partial charge in [-0.05, 0) is 18.2 Å². The number of benzene rings is 1. The third-order valence-electron chi connectivity index (χ3n) is 1.93. The van der Waals surface area contributed by atoms with Crippen molar-refractivity contribution in [3.8, 4) is 23.8 Å². The van der Waals surface area contributed by atoms with Crippen molar-refractivity contribution in [1.82, 2.24) is 0 Å². The van der Waals surface area contributed by atoms with Gasteiger partial charge in [-0.1, -0.05) is 12.8 Å². The maximum atomic E-state index is 11.2. The molecule has 4 nitrogen and oxygen atoms in total. The Morgan fingerprint density at radius 2 is 2.24 bits per heavy atom. The molecule has 0 atom stereocenters. The number of esters is 1. The molecule has 0 N–H and O–H groups in total. The first-order chi connectivity index (χ1) is 8.21. The van der Waals surface area contributed by atoms with E-state index in [9.17, 15) is 9.59 Å². The second-order valence-corrected chi connectivity index (χ2v) is 3.14. The normalized spacial score (nSPS) is 9.18. The quantitative estimate of drug-likeness (QED) is 0.336. The maximum absolute atomic E-state index is 11.2. The highest BCUT2D eigenvalue weighted by Gasteiger charge is 2.09. The van der Waals surface area contributed by atoms with E-state index < -0.39 is 0 Å². The molecule has 0 unspecified atom stereocenters. The van der Waals surface area contributed by atoms with Crippen molar-refractivity contribution in [2.24, 2.45) is 0 Å². The molecule has 0 aromatic heterocycles. The van der Waals surface area contributed by atoms with Crippen LogP contribution in [0.15, 0.2) is 18.2 Å². The number of rotatable bonds is 5. The summed E-state index contributed by atoms with van der Waals surface area (Å²) in [6, 6.07) is 4.51. The Morgan fingerprint density at radius 3 is 2.82 bits per heavy atom. The lowest BCUT2D eigenvalue weighted by molar-refractivity contribution is -0.134. The molecule has 0 saturated heterocycles. The van der Waals surface area contributed by atoms with Gasteiger partial charge in [0.05, 0.1) is 0 Å². The lowest BCUT2D eigenvalue weighted by Crippen LogP contribution is -2.07. The molecular weight excluding hydrogens is 220 g/mol. The zero-order chi connectivity index (χ0) is 12.7. The van der Waals surface area contributed by atoms with Crippen LogP contribution in [-0.4, -0.2) is 18.9 Å². The SMILES string of the molecule is C#CCOc1cc(C=O)ccc1OC(=O)CC. The number of hydrogen-bond acceptors (Lipinski definition) is 4. The second kappa shape index (κ2) is 6.33. The summed E-state index contributed by atoms with van der Waals surface area (Å²) in [7, 11) is 0. The molecular formula is C13H12O4. The Kier molecular flexibility index (Phi) is 4.77. The van der Waals surface area contributed by atoms with Crippen LogP contribution in [0.4, 0.5) is 0 Å². The second-order valence-electron chi connectivity index (χ2n) is 3.14. The number of aldehydes is 1. The van der Waals surface area contributed by atoms with Gasteiger partial charge in [-0.25, -0.2) is 0 Å². The Morgan fingerprint density at radius 1 is 1.47 bits per heavy atom. The van der Waals surface area contributed by atoms with Crippen molar-refractivity contribution in [3.05, 3.63) is 23.8 Å². The fourth-order valence-corrected chi connectivity index (χ4v) is 1.11. The van der Waals surface area contributed by atoms with E-state index in [0.29, 0.717) is 11.8 Å². The van der Waals surface area contributed by atoms with E-state index in [1.165, 1.54) is 18.2 Å². The Balaban J connectivity index is 2.97. The lowest BCUT2D eigenvalue weighted by Gasteiger charge is -2.09. The predicted octanol–water partition coefficient (Wildman–Crippen LogP) is 1.83. The standard InChI is InChI=1S/C13H12O4/c1-3-7-16-12-8-10(9-14)5-6-11(12)17-13(15)4-2/h1,5-6,8-9H,4,7H2,2H3. The molecule has 0 heterocycles. The van der Waals surface area contributed by atoms with E-state index >= 15 is 0 Å². The fraction of sp³-hybridized carbons (Fsp3) is 0.231. The van der Waals surface area contributed by atoms with Crippen molar-refractivity contribution in [2.75, 3.05) is 6.61 Å². The summed E-state index contributed by atoms with van der Waals surface area (Å²) in [6.07, 6.45) is 6.00. The van der Waals surface area contributed by atoms with Gasteiger partial charge in [0.2, 0.25) is 0 Å². The van der Waals surface area contributed by atoms with Gasteiger partial charge in [0.15, 0.2) is 11.5 Å². The van der Waals surface area contributed by atoms with Gasteiger partial charge in [-0.3, -0.25) is 9.59 Å². The molecule has 1 rings (SSSR count). The molecule has 0 aliphatic heterocycles. The van der Waals surface area contributed by atoms with Gasteiger partial charge in [0.1, 0.15) is 12.9 Å². The predicted molar refractivity (Wildman–Crippen MR) is 62.1 cm³/mol. The first-order valence-corrected chi connectivity index (χ1v) is 5.07. The molecule has 17 heavy (non-hydrogen) atoms. The molecule has 1 aromatic carbocycles. The van der Waals surface area contributed by atoms with E-state index in [-0.39, 0.29) is 30.5 Å². The van der Waals surface area contributed by atoms with Crippen LogP contribution < -0.4 is 9.47 Å². The zero-order valence-electron chi connectivity index (χ0n) is 9.43. The van der Waals surface area contributed by atoms with Crippen molar-refractivity contribution in [2.45, 2.75) is 13.3 Å². The molecule has 0 amide bonds. The van der Waals surface area contributed by atoms with E-state index in [0.717, 1.165) is 0 Å². The van der Waals surface area contributed by atoms with Crippen molar-refractivity contribution >= 4 is 12.3 Å². The van der Waals surface area contributed by atoms with Gasteiger partial charge >= 0.3 is 5.97 Å². The smallest absolute Gasteiger partial charge is 0.311 e. The van der Waals surface area contributed by atoms with Crippen molar-refractivity contribution in [3.63, 3.8) is 0 Å². The topological polar surface area (TPSA) is 52.6 Å². The Bertz CT molecular complexity index is 457. The van der Waals surface area contributed by atoms with E-state index in [4.69, 9.17) is 15.9 Å². The van der Waals surface area contributed by atoms with Crippen molar-refractivity contribution < 1.29 is 19.1 Å². The third kappa shape index (κ3) is 3.65. The number of hydrogen-bond donors (Lipinski definition) is 0. The van der Waals surface area contributed by atoms with Crippen LogP contribution in [-0.2, 0) is 4.79 Å². The summed E-state index contributed by atoms with van der Waals surface area (Å²) in [5, 5.41) is 0. The summed E-state index contributed by atoms with van der Waals surface area (Å²) in [5.41, 5.74) is 0.424. The molecule has 0 spiro atoms. The van der Waals surface area contributed by atoms with Crippen LogP contribution in [0.2, 0.25) is 0 Å². The summed E-state index contributed by atoms with van der Waals surface area (Å²) >= 11 is 0. The molecule has 0 radical (unpaired) electrons. The molecule has 0 aliphatic carbocycles. The number of carbonyl (C=O) groups excluding carboxylic acids is 2. The van der Waals surface area contributed by atoms with E-state index in [1.807, 2.05) is 0 Å². The summed E-state index contributed by atoms with van der Waals surface area (Å²) in [5.74, 6) is 2.47. The molecule has 1 aromatic rings. The van der Waals surface area contributed by atoms with Gasteiger partial charge < -0.3 is 9.47 Å². The lowest BCUT2D eigenvalue weighted by atomic mass is 10.2. The highest BCUT2D eigenvalue weighted by Crippen LogP contribution is 2.28. The van der Waals surface area contributed by atoms with Crippen LogP contribution in [0.5, 0.6) is 11.5 Å². The zero-order valence-corrected chi connectivity index (χ0v) is 9.43. The van der Waals surface area contributed by atoms with Crippen LogP contribution in [0, 0.1) is 12.3 Å². The average Bonchev–Trinajstić information content (AvgIpc) is 2.37. The van der Waals surface area contributed by atoms with Gasteiger partial charge in [0.25, 0.3) is 0 Å². The van der Waals surface area contributed by atoms with E-state index in [2.05, 4.69) is 5.92 Å².